The first-order valence-electron chi connectivity index (χ1n) is 9.03. The zero-order chi connectivity index (χ0) is 17.2. The molecule has 1 aromatic rings. The number of hydrogen-bond acceptors (Lipinski definition) is 4. The van der Waals surface area contributed by atoms with Crippen LogP contribution in [0.3, 0.4) is 0 Å². The van der Waals surface area contributed by atoms with Gasteiger partial charge in [-0.15, -0.1) is 24.0 Å². The second kappa shape index (κ2) is 12.5. The van der Waals surface area contributed by atoms with Gasteiger partial charge in [0.25, 0.3) is 0 Å². The average Bonchev–Trinajstić information content (AvgIpc) is 3.23. The van der Waals surface area contributed by atoms with Crippen LogP contribution < -0.4 is 10.6 Å². The van der Waals surface area contributed by atoms with Crippen molar-refractivity contribution >= 4 is 29.9 Å². The molecule has 2 atom stereocenters. The number of halogens is 1. The van der Waals surface area contributed by atoms with Gasteiger partial charge in [-0.25, -0.2) is 0 Å². The molecule has 2 unspecified atom stereocenters. The minimum absolute atomic E-state index is 0. The lowest BCUT2D eigenvalue weighted by atomic mass is 10.2. The Morgan fingerprint density at radius 3 is 3.04 bits per heavy atom. The van der Waals surface area contributed by atoms with E-state index in [2.05, 4.69) is 29.4 Å². The lowest BCUT2D eigenvalue weighted by Gasteiger charge is -2.22. The standard InChI is InChI=1S/C18H32N4O2.HI/c1-4-22-11-5-7-16(22)13-20-18(21-15(2)14-23-3)19-10-9-17-8-6-12-24-17;/h6,8,12,15-16H,4-5,7,9-11,13-14H2,1-3H3,(H2,19,20,21);1H. The molecule has 0 radical (unpaired) electrons. The van der Waals surface area contributed by atoms with Crippen LogP contribution >= 0.6 is 24.0 Å². The highest BCUT2D eigenvalue weighted by atomic mass is 127. The maximum atomic E-state index is 5.38. The van der Waals surface area contributed by atoms with Crippen LogP contribution in [-0.2, 0) is 11.2 Å². The third kappa shape index (κ3) is 7.96. The molecule has 1 aliphatic rings. The predicted molar refractivity (Wildman–Crippen MR) is 113 cm³/mol. The quantitative estimate of drug-likeness (QED) is 0.334. The molecule has 1 saturated heterocycles. The van der Waals surface area contributed by atoms with Crippen LogP contribution in [0.2, 0.25) is 0 Å². The van der Waals surface area contributed by atoms with Gasteiger partial charge in [0.15, 0.2) is 5.96 Å². The van der Waals surface area contributed by atoms with Crippen molar-refractivity contribution in [2.75, 3.05) is 39.9 Å². The summed E-state index contributed by atoms with van der Waals surface area (Å²) in [5.41, 5.74) is 0. The maximum absolute atomic E-state index is 5.38. The van der Waals surface area contributed by atoms with E-state index in [9.17, 15) is 0 Å². The number of likely N-dealkylation sites (N-methyl/N-ethyl adjacent to an activating group) is 1. The van der Waals surface area contributed by atoms with E-state index in [1.165, 1.54) is 19.4 Å². The molecule has 0 spiro atoms. The molecule has 7 heteroatoms. The third-order valence-corrected chi connectivity index (χ3v) is 4.41. The number of nitrogens with zero attached hydrogens (tertiary/aromatic N) is 2. The molecule has 2 N–H and O–H groups in total. The minimum Gasteiger partial charge on any atom is -0.469 e. The summed E-state index contributed by atoms with van der Waals surface area (Å²) in [6.07, 6.45) is 5.08. The molecule has 25 heavy (non-hydrogen) atoms. The first-order chi connectivity index (χ1) is 11.7. The number of rotatable bonds is 9. The monoisotopic (exact) mass is 464 g/mol. The van der Waals surface area contributed by atoms with E-state index in [4.69, 9.17) is 14.1 Å². The van der Waals surface area contributed by atoms with Crippen LogP contribution in [0.1, 0.15) is 32.4 Å². The minimum atomic E-state index is 0. The van der Waals surface area contributed by atoms with Crippen LogP contribution in [0, 0.1) is 0 Å². The molecule has 6 nitrogen and oxygen atoms in total. The number of likely N-dealkylation sites (tertiary alicyclic amines) is 1. The molecule has 0 saturated carbocycles. The number of ether oxygens (including phenoxy) is 1. The summed E-state index contributed by atoms with van der Waals surface area (Å²) in [6.45, 7) is 8.92. The highest BCUT2D eigenvalue weighted by Gasteiger charge is 2.22. The fourth-order valence-corrected chi connectivity index (χ4v) is 3.15. The molecule has 0 aliphatic carbocycles. The Balaban J connectivity index is 0.00000312. The summed E-state index contributed by atoms with van der Waals surface area (Å²) < 4.78 is 10.6. The fourth-order valence-electron chi connectivity index (χ4n) is 3.15. The average molecular weight is 464 g/mol. The highest BCUT2D eigenvalue weighted by molar-refractivity contribution is 14.0. The van der Waals surface area contributed by atoms with Gasteiger partial charge in [0.1, 0.15) is 5.76 Å². The van der Waals surface area contributed by atoms with Gasteiger partial charge in [-0.05, 0) is 45.0 Å². The Morgan fingerprint density at radius 2 is 2.36 bits per heavy atom. The number of nitrogens with one attached hydrogen (secondary N) is 2. The summed E-state index contributed by atoms with van der Waals surface area (Å²) in [5.74, 6) is 1.84. The second-order valence-electron chi connectivity index (χ2n) is 6.37. The summed E-state index contributed by atoms with van der Waals surface area (Å²) >= 11 is 0. The van der Waals surface area contributed by atoms with Crippen molar-refractivity contribution in [1.82, 2.24) is 15.5 Å². The Labute approximate surface area is 168 Å². The van der Waals surface area contributed by atoms with Gasteiger partial charge >= 0.3 is 0 Å². The number of guanidine groups is 1. The van der Waals surface area contributed by atoms with E-state index in [0.29, 0.717) is 12.6 Å². The first-order valence-corrected chi connectivity index (χ1v) is 9.03. The van der Waals surface area contributed by atoms with E-state index < -0.39 is 0 Å². The summed E-state index contributed by atoms with van der Waals surface area (Å²) in [7, 11) is 1.72. The fraction of sp³-hybridized carbons (Fsp3) is 0.722. The molecule has 1 fully saturated rings. The van der Waals surface area contributed by atoms with Crippen molar-refractivity contribution in [2.24, 2.45) is 4.99 Å². The maximum Gasteiger partial charge on any atom is 0.191 e. The van der Waals surface area contributed by atoms with E-state index in [-0.39, 0.29) is 30.0 Å². The van der Waals surface area contributed by atoms with E-state index >= 15 is 0 Å². The zero-order valence-corrected chi connectivity index (χ0v) is 18.0. The van der Waals surface area contributed by atoms with Crippen LogP contribution in [0.15, 0.2) is 27.8 Å². The number of hydrogen-bond donors (Lipinski definition) is 2. The van der Waals surface area contributed by atoms with Gasteiger partial charge in [-0.3, -0.25) is 9.89 Å². The van der Waals surface area contributed by atoms with Crippen molar-refractivity contribution in [3.05, 3.63) is 24.2 Å². The largest absolute Gasteiger partial charge is 0.469 e. The molecule has 1 aliphatic heterocycles. The number of furan rings is 1. The smallest absolute Gasteiger partial charge is 0.191 e. The molecule has 1 aromatic heterocycles. The van der Waals surface area contributed by atoms with Crippen molar-refractivity contribution in [3.63, 3.8) is 0 Å². The summed E-state index contributed by atoms with van der Waals surface area (Å²) in [6, 6.07) is 4.70. The van der Waals surface area contributed by atoms with Crippen LogP contribution in [-0.4, -0.2) is 62.8 Å². The van der Waals surface area contributed by atoms with Gasteiger partial charge in [-0.1, -0.05) is 6.92 Å². The number of methoxy groups -OCH3 is 1. The van der Waals surface area contributed by atoms with Gasteiger partial charge in [0.05, 0.1) is 19.4 Å². The summed E-state index contributed by atoms with van der Waals surface area (Å²) in [4.78, 5) is 7.33. The Morgan fingerprint density at radius 1 is 1.52 bits per heavy atom. The van der Waals surface area contributed by atoms with Crippen molar-refractivity contribution in [3.8, 4) is 0 Å². The van der Waals surface area contributed by atoms with Crippen molar-refractivity contribution < 1.29 is 9.15 Å². The molecular weight excluding hydrogens is 431 g/mol. The van der Waals surface area contributed by atoms with Gasteiger partial charge in [0.2, 0.25) is 0 Å². The zero-order valence-electron chi connectivity index (χ0n) is 15.7. The lowest BCUT2D eigenvalue weighted by molar-refractivity contribution is 0.179. The molecule has 2 rings (SSSR count). The van der Waals surface area contributed by atoms with Crippen molar-refractivity contribution in [2.45, 2.75) is 45.2 Å². The molecule has 0 amide bonds. The molecule has 0 aromatic carbocycles. The molecule has 0 bridgehead atoms. The van der Waals surface area contributed by atoms with Crippen LogP contribution in [0.4, 0.5) is 0 Å². The lowest BCUT2D eigenvalue weighted by Crippen LogP contribution is -2.45. The van der Waals surface area contributed by atoms with E-state index in [1.807, 2.05) is 12.1 Å². The predicted octanol–water partition coefficient (Wildman–Crippen LogP) is 2.49. The Bertz CT molecular complexity index is 481. The normalized spacial score (nSPS) is 19.5. The summed E-state index contributed by atoms with van der Waals surface area (Å²) in [5, 5.41) is 6.83. The SMILES string of the molecule is CCN1CCCC1CN=C(NCCc1ccco1)NC(C)COC.I. The van der Waals surface area contributed by atoms with Gasteiger partial charge in [0, 0.05) is 32.2 Å². The topological polar surface area (TPSA) is 62.0 Å². The van der Waals surface area contributed by atoms with Crippen LogP contribution in [0.25, 0.3) is 0 Å². The van der Waals surface area contributed by atoms with Gasteiger partial charge < -0.3 is 19.8 Å². The first kappa shape index (κ1) is 22.2. The van der Waals surface area contributed by atoms with Gasteiger partial charge in [-0.2, -0.15) is 0 Å². The molecule has 144 valence electrons. The number of aliphatic imine (C=N–C) groups is 1. The van der Waals surface area contributed by atoms with Crippen LogP contribution in [0.5, 0.6) is 0 Å². The van der Waals surface area contributed by atoms with Crippen molar-refractivity contribution in [1.29, 1.82) is 0 Å². The Hall–Kier alpha value is -0.800. The molecule has 2 heterocycles. The molecular formula is C18H33IN4O2. The van der Waals surface area contributed by atoms with E-state index in [1.54, 1.807) is 13.4 Å². The highest BCUT2D eigenvalue weighted by Crippen LogP contribution is 2.16. The Kier molecular flexibility index (Phi) is 11.2. The third-order valence-electron chi connectivity index (χ3n) is 4.41. The second-order valence-corrected chi connectivity index (χ2v) is 6.37. The van der Waals surface area contributed by atoms with E-state index in [0.717, 1.165) is 37.8 Å².